The van der Waals surface area contributed by atoms with Crippen molar-refractivity contribution in [2.45, 2.75) is 6.92 Å². The van der Waals surface area contributed by atoms with Gasteiger partial charge in [0.25, 0.3) is 5.56 Å². The lowest BCUT2D eigenvalue weighted by Crippen LogP contribution is -2.09. The van der Waals surface area contributed by atoms with Crippen LogP contribution in [0, 0.1) is 6.92 Å². The van der Waals surface area contributed by atoms with E-state index in [-0.39, 0.29) is 5.56 Å². The topological polar surface area (TPSA) is 152 Å². The van der Waals surface area contributed by atoms with E-state index in [9.17, 15) is 4.79 Å². The Balaban J connectivity index is 0.000000221. The molecule has 10 heteroatoms. The van der Waals surface area contributed by atoms with Gasteiger partial charge in [0.05, 0.1) is 6.33 Å². The molecule has 16 heavy (non-hydrogen) atoms. The first-order valence-corrected chi connectivity index (χ1v) is 5.52. The minimum absolute atomic E-state index is 0.176. The van der Waals surface area contributed by atoms with Crippen molar-refractivity contribution in [2.75, 3.05) is 0 Å². The molecule has 0 spiro atoms. The third kappa shape index (κ3) is 3.91. The molecule has 0 amide bonds. The number of imidazole rings is 1. The summed E-state index contributed by atoms with van der Waals surface area (Å²) in [7, 11) is -4.64. The first kappa shape index (κ1) is 12.5. The Morgan fingerprint density at radius 2 is 1.94 bits per heavy atom. The number of phosphoric acid groups is 1. The van der Waals surface area contributed by atoms with E-state index in [4.69, 9.17) is 19.2 Å². The van der Waals surface area contributed by atoms with E-state index in [1.165, 1.54) is 6.33 Å². The van der Waals surface area contributed by atoms with Crippen LogP contribution < -0.4 is 5.56 Å². The summed E-state index contributed by atoms with van der Waals surface area (Å²) in [5.41, 5.74) is 0.715. The Labute approximate surface area is 88.4 Å². The summed E-state index contributed by atoms with van der Waals surface area (Å²) < 4.78 is 8.88. The molecule has 2 aromatic rings. The maximum Gasteiger partial charge on any atom is 0.466 e. The Bertz CT molecular complexity index is 576. The van der Waals surface area contributed by atoms with Gasteiger partial charge in [0.2, 0.25) is 0 Å². The number of H-pyrrole nitrogens is 2. The largest absolute Gasteiger partial charge is 0.466 e. The van der Waals surface area contributed by atoms with E-state index in [1.807, 2.05) is 0 Å². The van der Waals surface area contributed by atoms with Crippen molar-refractivity contribution >= 4 is 19.0 Å². The van der Waals surface area contributed by atoms with Gasteiger partial charge in [-0.15, -0.1) is 0 Å². The minimum atomic E-state index is -4.64. The van der Waals surface area contributed by atoms with E-state index < -0.39 is 7.82 Å². The first-order valence-electron chi connectivity index (χ1n) is 3.95. The predicted octanol–water partition coefficient (Wildman–Crippen LogP) is -0.974. The van der Waals surface area contributed by atoms with Crippen molar-refractivity contribution in [3.63, 3.8) is 0 Å². The van der Waals surface area contributed by atoms with Crippen LogP contribution in [-0.4, -0.2) is 34.6 Å². The maximum atomic E-state index is 11.1. The number of hydrogen-bond acceptors (Lipinski definition) is 4. The molecule has 0 unspecified atom stereocenters. The fraction of sp³-hybridized carbons (Fsp3) is 0.167. The number of rotatable bonds is 0. The van der Waals surface area contributed by atoms with Gasteiger partial charge >= 0.3 is 7.82 Å². The monoisotopic (exact) mass is 248 g/mol. The van der Waals surface area contributed by atoms with Crippen LogP contribution in [-0.2, 0) is 4.57 Å². The fourth-order valence-electron chi connectivity index (χ4n) is 0.953. The molecule has 5 N–H and O–H groups in total. The van der Waals surface area contributed by atoms with Crippen LogP contribution in [0.2, 0.25) is 0 Å². The second-order valence-corrected chi connectivity index (χ2v) is 3.79. The molecular weight excluding hydrogens is 239 g/mol. The molecule has 0 aliphatic carbocycles. The van der Waals surface area contributed by atoms with Gasteiger partial charge in [-0.2, -0.15) is 0 Å². The molecule has 0 radical (unpaired) electrons. The van der Waals surface area contributed by atoms with Crippen molar-refractivity contribution in [1.29, 1.82) is 0 Å². The molecule has 88 valence electrons. The average molecular weight is 248 g/mol. The molecule has 0 atom stereocenters. The van der Waals surface area contributed by atoms with Crippen LogP contribution in [0.3, 0.4) is 0 Å². The van der Waals surface area contributed by atoms with Crippen LogP contribution in [0.25, 0.3) is 11.2 Å². The summed E-state index contributed by atoms with van der Waals surface area (Å²) >= 11 is 0. The second kappa shape index (κ2) is 4.54. The quantitative estimate of drug-likeness (QED) is 0.376. The highest BCUT2D eigenvalue weighted by Crippen LogP contribution is 2.25. The van der Waals surface area contributed by atoms with Crippen LogP contribution >= 0.6 is 7.82 Å². The van der Waals surface area contributed by atoms with Crippen molar-refractivity contribution < 1.29 is 19.2 Å². The zero-order valence-corrected chi connectivity index (χ0v) is 8.97. The van der Waals surface area contributed by atoms with Crippen LogP contribution in [0.5, 0.6) is 0 Å². The molecule has 2 rings (SSSR count). The van der Waals surface area contributed by atoms with Gasteiger partial charge in [-0.25, -0.2) is 14.5 Å². The van der Waals surface area contributed by atoms with Crippen molar-refractivity contribution in [3.05, 3.63) is 22.5 Å². The third-order valence-corrected chi connectivity index (χ3v) is 1.41. The van der Waals surface area contributed by atoms with Crippen molar-refractivity contribution in [3.8, 4) is 0 Å². The molecule has 9 nitrogen and oxygen atoms in total. The molecule has 0 aliphatic rings. The normalized spacial score (nSPS) is 11.0. The lowest BCUT2D eigenvalue weighted by atomic mass is 10.5. The van der Waals surface area contributed by atoms with Gasteiger partial charge in [-0.3, -0.25) is 4.79 Å². The molecule has 2 aromatic heterocycles. The highest BCUT2D eigenvalue weighted by Gasteiger charge is 2.01. The maximum absolute atomic E-state index is 11.1. The summed E-state index contributed by atoms with van der Waals surface area (Å²) in [6, 6.07) is 0. The first-order chi connectivity index (χ1) is 7.27. The predicted molar refractivity (Wildman–Crippen MR) is 53.5 cm³/mol. The lowest BCUT2D eigenvalue weighted by Gasteiger charge is -1.89. The second-order valence-electron chi connectivity index (χ2n) is 2.77. The summed E-state index contributed by atoms with van der Waals surface area (Å²) in [6.07, 6.45) is 1.45. The summed E-state index contributed by atoms with van der Waals surface area (Å²) in [5.74, 6) is 0.578. The van der Waals surface area contributed by atoms with Crippen molar-refractivity contribution in [1.82, 2.24) is 19.9 Å². The number of aromatic nitrogens is 4. The number of hydrogen-bond donors (Lipinski definition) is 5. The zero-order valence-electron chi connectivity index (χ0n) is 8.08. The molecule has 0 saturated heterocycles. The molecule has 0 fully saturated rings. The van der Waals surface area contributed by atoms with Gasteiger partial charge in [-0.1, -0.05) is 0 Å². The highest BCUT2D eigenvalue weighted by molar-refractivity contribution is 7.45. The highest BCUT2D eigenvalue weighted by atomic mass is 31.2. The Morgan fingerprint density at radius 1 is 1.38 bits per heavy atom. The number of fused-ring (bicyclic) bond motifs is 1. The Morgan fingerprint density at radius 3 is 2.50 bits per heavy atom. The van der Waals surface area contributed by atoms with E-state index in [1.54, 1.807) is 6.92 Å². The van der Waals surface area contributed by atoms with Gasteiger partial charge in [-0.05, 0) is 6.92 Å². The number of aromatic amines is 2. The van der Waals surface area contributed by atoms with Gasteiger partial charge < -0.3 is 24.6 Å². The minimum Gasteiger partial charge on any atom is -0.339 e. The van der Waals surface area contributed by atoms with Crippen LogP contribution in [0.15, 0.2) is 11.1 Å². The Kier molecular flexibility index (Phi) is 3.55. The average Bonchev–Trinajstić information content (AvgIpc) is 2.47. The SMILES string of the molecule is Cc1nc2nc[nH]c2c(=O)[nH]1.O=P(O)(O)O. The lowest BCUT2D eigenvalue weighted by molar-refractivity contribution is 0.275. The van der Waals surface area contributed by atoms with Gasteiger partial charge in [0.1, 0.15) is 5.82 Å². The summed E-state index contributed by atoms with van der Waals surface area (Å²) in [4.78, 5) is 45.8. The molecule has 0 saturated carbocycles. The zero-order chi connectivity index (χ0) is 12.3. The molecule has 2 heterocycles. The van der Waals surface area contributed by atoms with E-state index in [0.29, 0.717) is 17.0 Å². The number of nitrogens with zero attached hydrogens (tertiary/aromatic N) is 2. The van der Waals surface area contributed by atoms with E-state index in [2.05, 4.69) is 19.9 Å². The summed E-state index contributed by atoms with van der Waals surface area (Å²) in [5, 5.41) is 0. The van der Waals surface area contributed by atoms with E-state index >= 15 is 0 Å². The third-order valence-electron chi connectivity index (χ3n) is 1.41. The Hall–Kier alpha value is -1.54. The van der Waals surface area contributed by atoms with Gasteiger partial charge in [0.15, 0.2) is 11.2 Å². The number of aryl methyl sites for hydroxylation is 1. The van der Waals surface area contributed by atoms with Crippen molar-refractivity contribution in [2.24, 2.45) is 0 Å². The standard InChI is InChI=1S/C6H6N4O.H3O4P/c1-3-9-5-4(6(11)10-3)7-2-8-5;1-5(2,3)4/h2H,1H3,(H2,7,8,9,10,11);(H3,1,2,3,4). The fourth-order valence-corrected chi connectivity index (χ4v) is 0.953. The summed E-state index contributed by atoms with van der Waals surface area (Å²) in [6.45, 7) is 1.72. The van der Waals surface area contributed by atoms with Crippen LogP contribution in [0.1, 0.15) is 5.82 Å². The smallest absolute Gasteiger partial charge is 0.339 e. The van der Waals surface area contributed by atoms with Gasteiger partial charge in [0, 0.05) is 0 Å². The molecular formula is C6H9N4O5P. The number of nitrogens with one attached hydrogen (secondary N) is 2. The molecule has 0 aromatic carbocycles. The molecule has 0 bridgehead atoms. The van der Waals surface area contributed by atoms with E-state index in [0.717, 1.165) is 0 Å². The van der Waals surface area contributed by atoms with Crippen LogP contribution in [0.4, 0.5) is 0 Å². The molecule has 0 aliphatic heterocycles.